The van der Waals surface area contributed by atoms with E-state index >= 15 is 0 Å². The first-order valence-corrected chi connectivity index (χ1v) is 8.24. The Kier molecular flexibility index (Phi) is 5.33. The predicted octanol–water partition coefficient (Wildman–Crippen LogP) is 3.36. The van der Waals surface area contributed by atoms with Gasteiger partial charge in [0.1, 0.15) is 4.99 Å². The molecule has 0 saturated carbocycles. The Balaban J connectivity index is 1.98. The minimum atomic E-state index is 0.375. The zero-order valence-electron chi connectivity index (χ0n) is 13.4. The van der Waals surface area contributed by atoms with E-state index in [-0.39, 0.29) is 0 Å². The number of nitrogens with zero attached hydrogens (tertiary/aromatic N) is 2. The van der Waals surface area contributed by atoms with Gasteiger partial charge in [0.05, 0.1) is 5.69 Å². The van der Waals surface area contributed by atoms with Crippen LogP contribution in [0.15, 0.2) is 18.3 Å². The highest BCUT2D eigenvalue weighted by Gasteiger charge is 2.26. The first kappa shape index (κ1) is 16.4. The van der Waals surface area contributed by atoms with Gasteiger partial charge in [0.25, 0.3) is 0 Å². The van der Waals surface area contributed by atoms with E-state index in [1.807, 2.05) is 6.07 Å². The molecule has 1 unspecified atom stereocenters. The number of hydrogen-bond acceptors (Lipinski definition) is 3. The van der Waals surface area contributed by atoms with E-state index in [1.165, 1.54) is 37.9 Å². The Morgan fingerprint density at radius 1 is 1.38 bits per heavy atom. The maximum absolute atomic E-state index is 5.66. The zero-order chi connectivity index (χ0) is 15.5. The molecule has 2 rings (SSSR count). The molecule has 0 amide bonds. The van der Waals surface area contributed by atoms with Crippen molar-refractivity contribution in [1.29, 1.82) is 0 Å². The van der Waals surface area contributed by atoms with Gasteiger partial charge >= 0.3 is 0 Å². The van der Waals surface area contributed by atoms with Crippen molar-refractivity contribution in [3.8, 4) is 0 Å². The summed E-state index contributed by atoms with van der Waals surface area (Å²) in [5.74, 6) is 0.826. The predicted molar refractivity (Wildman–Crippen MR) is 92.2 cm³/mol. The summed E-state index contributed by atoms with van der Waals surface area (Å²) in [6.07, 6.45) is 5.72. The Hall–Kier alpha value is -1.00. The van der Waals surface area contributed by atoms with Crippen molar-refractivity contribution in [3.05, 3.63) is 29.6 Å². The maximum Gasteiger partial charge on any atom is 0.122 e. The second-order valence-corrected chi connectivity index (χ2v) is 7.62. The molecule has 116 valence electrons. The average Bonchev–Trinajstić information content (AvgIpc) is 2.64. The van der Waals surface area contributed by atoms with Gasteiger partial charge in [0.2, 0.25) is 0 Å². The third-order valence-electron chi connectivity index (χ3n) is 4.53. The molecule has 1 fully saturated rings. The van der Waals surface area contributed by atoms with Crippen molar-refractivity contribution in [2.45, 2.75) is 46.6 Å². The Morgan fingerprint density at radius 3 is 2.81 bits per heavy atom. The molecule has 4 heteroatoms. The van der Waals surface area contributed by atoms with E-state index in [9.17, 15) is 0 Å². The fourth-order valence-corrected chi connectivity index (χ4v) is 3.26. The molecule has 1 aromatic heterocycles. The molecule has 0 aliphatic carbocycles. The van der Waals surface area contributed by atoms with Crippen molar-refractivity contribution in [2.75, 3.05) is 13.1 Å². The molecule has 1 atom stereocenters. The molecular formula is C17H27N3S. The highest BCUT2D eigenvalue weighted by atomic mass is 32.1. The van der Waals surface area contributed by atoms with E-state index in [0.29, 0.717) is 10.4 Å². The fraction of sp³-hybridized carbons (Fsp3) is 0.647. The summed E-state index contributed by atoms with van der Waals surface area (Å²) in [7, 11) is 0. The summed E-state index contributed by atoms with van der Waals surface area (Å²) in [6, 6.07) is 4.09. The van der Waals surface area contributed by atoms with Crippen molar-refractivity contribution in [1.82, 2.24) is 9.88 Å². The molecule has 21 heavy (non-hydrogen) atoms. The van der Waals surface area contributed by atoms with Crippen LogP contribution in [-0.4, -0.2) is 28.0 Å². The lowest BCUT2D eigenvalue weighted by Gasteiger charge is -2.29. The average molecular weight is 305 g/mol. The normalized spacial score (nSPS) is 21.0. The van der Waals surface area contributed by atoms with Gasteiger partial charge in [-0.15, -0.1) is 0 Å². The smallest absolute Gasteiger partial charge is 0.122 e. The number of nitrogens with two attached hydrogens (primary N) is 1. The molecular weight excluding hydrogens is 278 g/mol. The number of rotatable bonds is 3. The lowest BCUT2D eigenvalue weighted by atomic mass is 9.77. The first-order chi connectivity index (χ1) is 9.86. The van der Waals surface area contributed by atoms with Crippen LogP contribution in [0.5, 0.6) is 0 Å². The molecule has 1 aliphatic heterocycles. The zero-order valence-corrected chi connectivity index (χ0v) is 14.2. The van der Waals surface area contributed by atoms with Crippen molar-refractivity contribution in [3.63, 3.8) is 0 Å². The molecule has 3 nitrogen and oxygen atoms in total. The quantitative estimate of drug-likeness (QED) is 0.870. The van der Waals surface area contributed by atoms with Gasteiger partial charge < -0.3 is 5.73 Å². The van der Waals surface area contributed by atoms with Crippen LogP contribution in [0.2, 0.25) is 0 Å². The monoisotopic (exact) mass is 305 g/mol. The van der Waals surface area contributed by atoms with Crippen molar-refractivity contribution in [2.24, 2.45) is 17.1 Å². The SMILES string of the molecule is CC(C)(C)C1CCCN(Cc2ccnc(C(N)=S)c2)CC1. The van der Waals surface area contributed by atoms with Crippen molar-refractivity contribution >= 4 is 17.2 Å². The summed E-state index contributed by atoms with van der Waals surface area (Å²) < 4.78 is 0. The highest BCUT2D eigenvalue weighted by Crippen LogP contribution is 2.34. The third kappa shape index (κ3) is 4.75. The number of likely N-dealkylation sites (tertiary alicyclic amines) is 1. The van der Waals surface area contributed by atoms with Gasteiger partial charge in [-0.1, -0.05) is 33.0 Å². The van der Waals surface area contributed by atoms with Crippen LogP contribution < -0.4 is 5.73 Å². The van der Waals surface area contributed by atoms with Crippen LogP contribution in [0.25, 0.3) is 0 Å². The van der Waals surface area contributed by atoms with Crippen LogP contribution in [0, 0.1) is 11.3 Å². The highest BCUT2D eigenvalue weighted by molar-refractivity contribution is 7.80. The fourth-order valence-electron chi connectivity index (χ4n) is 3.15. The van der Waals surface area contributed by atoms with E-state index < -0.39 is 0 Å². The molecule has 2 heterocycles. The number of hydrogen-bond donors (Lipinski definition) is 1. The number of thiocarbonyl (C=S) groups is 1. The van der Waals surface area contributed by atoms with Crippen LogP contribution in [-0.2, 0) is 6.54 Å². The summed E-state index contributed by atoms with van der Waals surface area (Å²) in [4.78, 5) is 7.13. The minimum Gasteiger partial charge on any atom is -0.388 e. The lowest BCUT2D eigenvalue weighted by Crippen LogP contribution is -2.26. The largest absolute Gasteiger partial charge is 0.388 e. The van der Waals surface area contributed by atoms with Crippen LogP contribution in [0.1, 0.15) is 51.3 Å². The van der Waals surface area contributed by atoms with Gasteiger partial charge in [-0.2, -0.15) is 0 Å². The summed E-state index contributed by atoms with van der Waals surface area (Å²) in [6.45, 7) is 10.4. The Bertz CT molecular complexity index is 493. The summed E-state index contributed by atoms with van der Waals surface area (Å²) >= 11 is 5.01. The van der Waals surface area contributed by atoms with Gasteiger partial charge in [-0.05, 0) is 61.4 Å². The van der Waals surface area contributed by atoms with Crippen LogP contribution >= 0.6 is 12.2 Å². The van der Waals surface area contributed by atoms with E-state index in [1.54, 1.807) is 6.20 Å². The Morgan fingerprint density at radius 2 is 2.14 bits per heavy atom. The third-order valence-corrected chi connectivity index (χ3v) is 4.74. The van der Waals surface area contributed by atoms with Crippen LogP contribution in [0.4, 0.5) is 0 Å². The first-order valence-electron chi connectivity index (χ1n) is 7.83. The van der Waals surface area contributed by atoms with Crippen molar-refractivity contribution < 1.29 is 0 Å². The molecule has 1 aromatic rings. The van der Waals surface area contributed by atoms with Gasteiger partial charge in [-0.3, -0.25) is 9.88 Å². The second-order valence-electron chi connectivity index (χ2n) is 7.18. The second kappa shape index (κ2) is 6.84. The van der Waals surface area contributed by atoms with E-state index in [4.69, 9.17) is 18.0 Å². The number of aromatic nitrogens is 1. The molecule has 1 saturated heterocycles. The van der Waals surface area contributed by atoms with Gasteiger partial charge in [-0.25, -0.2) is 0 Å². The lowest BCUT2D eigenvalue weighted by molar-refractivity contribution is 0.206. The molecule has 0 aromatic carbocycles. The molecule has 0 spiro atoms. The Labute approximate surface area is 133 Å². The number of pyridine rings is 1. The minimum absolute atomic E-state index is 0.375. The molecule has 0 bridgehead atoms. The summed E-state index contributed by atoms with van der Waals surface area (Å²) in [5, 5.41) is 0. The maximum atomic E-state index is 5.66. The molecule has 0 radical (unpaired) electrons. The molecule has 1 aliphatic rings. The van der Waals surface area contributed by atoms with Gasteiger partial charge in [0, 0.05) is 12.7 Å². The topological polar surface area (TPSA) is 42.2 Å². The van der Waals surface area contributed by atoms with E-state index in [0.717, 1.165) is 18.2 Å². The van der Waals surface area contributed by atoms with Crippen LogP contribution in [0.3, 0.4) is 0 Å². The molecule has 2 N–H and O–H groups in total. The standard InChI is InChI=1S/C17H27N3S/c1-17(2,3)14-5-4-9-20(10-7-14)12-13-6-8-19-15(11-13)16(18)21/h6,8,11,14H,4-5,7,9-10,12H2,1-3H3,(H2,18,21). The van der Waals surface area contributed by atoms with Gasteiger partial charge in [0.15, 0.2) is 0 Å². The summed E-state index contributed by atoms with van der Waals surface area (Å²) in [5.41, 5.74) is 8.06. The van der Waals surface area contributed by atoms with E-state index in [2.05, 4.69) is 36.7 Å².